The molecule has 0 spiro atoms. The maximum atomic E-state index is 12.8. The molecule has 1 atom stereocenters. The van der Waals surface area contributed by atoms with Gasteiger partial charge in [0, 0.05) is 34.1 Å². The van der Waals surface area contributed by atoms with Crippen LogP contribution in [0.5, 0.6) is 0 Å². The normalized spacial score (nSPS) is 15.6. The number of carbonyl (C=O) groups excluding carboxylic acids is 2. The Balaban J connectivity index is 1.34. The van der Waals surface area contributed by atoms with Gasteiger partial charge in [-0.1, -0.05) is 59.6 Å². The minimum Gasteiger partial charge on any atom is -0.445 e. The van der Waals surface area contributed by atoms with Crippen LogP contribution in [0.25, 0.3) is 0 Å². The first-order chi connectivity index (χ1) is 15.5. The van der Waals surface area contributed by atoms with Crippen molar-refractivity contribution in [3.8, 4) is 0 Å². The Hall–Kier alpha value is -2.61. The molecule has 2 amide bonds. The number of amides is 2. The number of nitrogens with zero attached hydrogens (tertiary/aromatic N) is 2. The van der Waals surface area contributed by atoms with Crippen LogP contribution in [-0.4, -0.2) is 34.5 Å². The van der Waals surface area contributed by atoms with Gasteiger partial charge in [0.1, 0.15) is 12.6 Å². The standard InChI is InChI=1S/C23H21Cl2N3O3S/c24-17-9-8-16(19(25)12-17)11-18-13-26-22(32-18)27-21(29)20-7-4-10-28(20)23(30)31-14-15-5-2-1-3-6-15/h1-3,5-6,8-9,12-13,20H,4,7,10-11,14H2,(H,26,27,29)/t20-/m0/s1. The predicted octanol–water partition coefficient (Wildman–Crippen LogP) is 5.78. The van der Waals surface area contributed by atoms with Crippen LogP contribution in [0.3, 0.4) is 0 Å². The van der Waals surface area contributed by atoms with E-state index in [0.717, 1.165) is 22.4 Å². The van der Waals surface area contributed by atoms with Gasteiger partial charge in [-0.05, 0) is 36.1 Å². The first-order valence-electron chi connectivity index (χ1n) is 10.2. The number of rotatable bonds is 6. The van der Waals surface area contributed by atoms with E-state index >= 15 is 0 Å². The monoisotopic (exact) mass is 489 g/mol. The van der Waals surface area contributed by atoms with E-state index in [1.165, 1.54) is 16.2 Å². The lowest BCUT2D eigenvalue weighted by molar-refractivity contribution is -0.120. The van der Waals surface area contributed by atoms with Gasteiger partial charge < -0.3 is 10.1 Å². The molecule has 1 aliphatic heterocycles. The van der Waals surface area contributed by atoms with Crippen molar-refractivity contribution < 1.29 is 14.3 Å². The number of benzene rings is 2. The summed E-state index contributed by atoms with van der Waals surface area (Å²) in [6.45, 7) is 0.664. The Morgan fingerprint density at radius 2 is 2.00 bits per heavy atom. The summed E-state index contributed by atoms with van der Waals surface area (Å²) in [4.78, 5) is 32.1. The first kappa shape index (κ1) is 22.6. The number of likely N-dealkylation sites (tertiary alicyclic amines) is 1. The van der Waals surface area contributed by atoms with Crippen molar-refractivity contribution in [2.24, 2.45) is 0 Å². The van der Waals surface area contributed by atoms with Crippen molar-refractivity contribution in [1.29, 1.82) is 0 Å². The van der Waals surface area contributed by atoms with Gasteiger partial charge in [0.2, 0.25) is 5.91 Å². The van der Waals surface area contributed by atoms with E-state index in [0.29, 0.717) is 34.6 Å². The fourth-order valence-electron chi connectivity index (χ4n) is 3.55. The number of anilines is 1. The van der Waals surface area contributed by atoms with Gasteiger partial charge in [0.25, 0.3) is 0 Å². The highest BCUT2D eigenvalue weighted by molar-refractivity contribution is 7.15. The molecule has 0 unspecified atom stereocenters. The van der Waals surface area contributed by atoms with Gasteiger partial charge in [0.15, 0.2) is 5.13 Å². The molecule has 32 heavy (non-hydrogen) atoms. The maximum absolute atomic E-state index is 12.8. The summed E-state index contributed by atoms with van der Waals surface area (Å²) >= 11 is 13.6. The zero-order valence-electron chi connectivity index (χ0n) is 17.1. The summed E-state index contributed by atoms with van der Waals surface area (Å²) in [6, 6.07) is 14.2. The number of nitrogens with one attached hydrogen (secondary N) is 1. The number of hydrogen-bond acceptors (Lipinski definition) is 5. The van der Waals surface area contributed by atoms with Crippen molar-refractivity contribution in [1.82, 2.24) is 9.88 Å². The number of thiazole rings is 1. The fraction of sp³-hybridized carbons (Fsp3) is 0.261. The molecular formula is C23H21Cl2N3O3S. The van der Waals surface area contributed by atoms with Crippen molar-refractivity contribution >= 4 is 51.7 Å². The fourth-order valence-corrected chi connectivity index (χ4v) is 4.86. The van der Waals surface area contributed by atoms with Crippen LogP contribution >= 0.6 is 34.5 Å². The molecule has 6 nitrogen and oxygen atoms in total. The highest BCUT2D eigenvalue weighted by atomic mass is 35.5. The lowest BCUT2D eigenvalue weighted by atomic mass is 10.1. The van der Waals surface area contributed by atoms with E-state index in [2.05, 4.69) is 10.3 Å². The zero-order chi connectivity index (χ0) is 22.5. The molecule has 1 saturated heterocycles. The lowest BCUT2D eigenvalue weighted by Gasteiger charge is -2.22. The van der Waals surface area contributed by atoms with Crippen molar-refractivity contribution in [3.05, 3.63) is 80.8 Å². The average Bonchev–Trinajstić information content (AvgIpc) is 3.44. The topological polar surface area (TPSA) is 71.5 Å². The third kappa shape index (κ3) is 5.59. The lowest BCUT2D eigenvalue weighted by Crippen LogP contribution is -2.43. The molecule has 2 aromatic carbocycles. The van der Waals surface area contributed by atoms with Crippen molar-refractivity contribution in [2.75, 3.05) is 11.9 Å². The summed E-state index contributed by atoms with van der Waals surface area (Å²) in [7, 11) is 0. The molecule has 1 N–H and O–H groups in total. The third-order valence-electron chi connectivity index (χ3n) is 5.16. The molecule has 0 saturated carbocycles. The Bertz CT molecular complexity index is 1110. The quantitative estimate of drug-likeness (QED) is 0.476. The molecule has 1 fully saturated rings. The molecule has 1 aliphatic rings. The minimum absolute atomic E-state index is 0.174. The van der Waals surface area contributed by atoms with E-state index < -0.39 is 12.1 Å². The van der Waals surface area contributed by atoms with Crippen LogP contribution in [0.2, 0.25) is 10.0 Å². The van der Waals surface area contributed by atoms with Crippen LogP contribution in [0.1, 0.15) is 28.8 Å². The molecule has 0 bridgehead atoms. The number of aromatic nitrogens is 1. The van der Waals surface area contributed by atoms with Gasteiger partial charge in [-0.15, -0.1) is 11.3 Å². The van der Waals surface area contributed by atoms with Crippen LogP contribution in [0.4, 0.5) is 9.93 Å². The number of ether oxygens (including phenoxy) is 1. The van der Waals surface area contributed by atoms with Crippen molar-refractivity contribution in [3.63, 3.8) is 0 Å². The molecule has 0 aliphatic carbocycles. The van der Waals surface area contributed by atoms with Gasteiger partial charge in [0.05, 0.1) is 0 Å². The third-order valence-corrected chi connectivity index (χ3v) is 6.66. The Morgan fingerprint density at radius 1 is 1.19 bits per heavy atom. The summed E-state index contributed by atoms with van der Waals surface area (Å²) < 4.78 is 5.40. The smallest absolute Gasteiger partial charge is 0.410 e. The van der Waals surface area contributed by atoms with E-state index in [1.807, 2.05) is 36.4 Å². The average molecular weight is 490 g/mol. The highest BCUT2D eigenvalue weighted by Gasteiger charge is 2.35. The van der Waals surface area contributed by atoms with E-state index in [4.69, 9.17) is 27.9 Å². The van der Waals surface area contributed by atoms with Crippen LogP contribution < -0.4 is 5.32 Å². The second-order valence-corrected chi connectivity index (χ2v) is 9.38. The molecule has 2 heterocycles. The van der Waals surface area contributed by atoms with Crippen LogP contribution in [0.15, 0.2) is 54.7 Å². The predicted molar refractivity (Wildman–Crippen MR) is 126 cm³/mol. The maximum Gasteiger partial charge on any atom is 0.410 e. The number of carbonyl (C=O) groups is 2. The van der Waals surface area contributed by atoms with Crippen molar-refractivity contribution in [2.45, 2.75) is 31.9 Å². The summed E-state index contributed by atoms with van der Waals surface area (Å²) in [5, 5.41) is 4.50. The molecule has 4 rings (SSSR count). The summed E-state index contributed by atoms with van der Waals surface area (Å²) in [6.07, 6.45) is 3.15. The Morgan fingerprint density at radius 3 is 2.78 bits per heavy atom. The SMILES string of the molecule is O=C(Nc1ncc(Cc2ccc(Cl)cc2Cl)s1)[C@@H]1CCCN1C(=O)OCc1ccccc1. The Kier molecular flexibility index (Phi) is 7.29. The highest BCUT2D eigenvalue weighted by Crippen LogP contribution is 2.28. The number of hydrogen-bond donors (Lipinski definition) is 1. The minimum atomic E-state index is -0.573. The second-order valence-electron chi connectivity index (χ2n) is 7.43. The van der Waals surface area contributed by atoms with Gasteiger partial charge in [-0.25, -0.2) is 9.78 Å². The molecule has 9 heteroatoms. The first-order valence-corrected chi connectivity index (χ1v) is 11.7. The molecule has 1 aromatic heterocycles. The molecule has 3 aromatic rings. The summed E-state index contributed by atoms with van der Waals surface area (Å²) in [5.41, 5.74) is 1.83. The molecule has 0 radical (unpaired) electrons. The van der Waals surface area contributed by atoms with E-state index in [1.54, 1.807) is 18.3 Å². The van der Waals surface area contributed by atoms with E-state index in [9.17, 15) is 9.59 Å². The van der Waals surface area contributed by atoms with Gasteiger partial charge in [-0.3, -0.25) is 9.69 Å². The molecule has 166 valence electrons. The van der Waals surface area contributed by atoms with E-state index in [-0.39, 0.29) is 12.5 Å². The van der Waals surface area contributed by atoms with Gasteiger partial charge in [-0.2, -0.15) is 0 Å². The second kappa shape index (κ2) is 10.3. The van der Waals surface area contributed by atoms with Crippen LogP contribution in [0, 0.1) is 0 Å². The van der Waals surface area contributed by atoms with Crippen LogP contribution in [-0.2, 0) is 22.6 Å². The zero-order valence-corrected chi connectivity index (χ0v) is 19.4. The van der Waals surface area contributed by atoms with Gasteiger partial charge >= 0.3 is 6.09 Å². The molecular weight excluding hydrogens is 469 g/mol. The number of halogens is 2. The summed E-state index contributed by atoms with van der Waals surface area (Å²) in [5.74, 6) is -0.260. The largest absolute Gasteiger partial charge is 0.445 e. The Labute approximate surface area is 200 Å².